The van der Waals surface area contributed by atoms with Crippen LogP contribution in [0.25, 0.3) is 11.0 Å². The van der Waals surface area contributed by atoms with Crippen molar-refractivity contribution < 1.29 is 9.90 Å². The number of amides is 1. The molecule has 0 spiro atoms. The van der Waals surface area contributed by atoms with Crippen LogP contribution in [-0.4, -0.2) is 27.1 Å². The number of nitrogens with zero attached hydrogens (tertiary/aromatic N) is 2. The predicted octanol–water partition coefficient (Wildman–Crippen LogP) is 2.76. The van der Waals surface area contributed by atoms with Crippen molar-refractivity contribution in [2.75, 3.05) is 6.54 Å². The zero-order chi connectivity index (χ0) is 17.1. The van der Waals surface area contributed by atoms with Crippen molar-refractivity contribution in [2.24, 2.45) is 0 Å². The van der Waals surface area contributed by atoms with Gasteiger partial charge in [0.1, 0.15) is 6.04 Å². The molecule has 1 amide bonds. The van der Waals surface area contributed by atoms with Crippen LogP contribution in [0.5, 0.6) is 0 Å². The normalized spacial score (nSPS) is 13.6. The minimum absolute atomic E-state index is 0.149. The summed E-state index contributed by atoms with van der Waals surface area (Å²) in [6.07, 6.45) is 0.951. The third-order valence-electron chi connectivity index (χ3n) is 4.21. The summed E-state index contributed by atoms with van der Waals surface area (Å²) in [6.45, 7) is 4.00. The van der Waals surface area contributed by atoms with Crippen molar-refractivity contribution in [2.45, 2.75) is 26.0 Å². The Hall–Kier alpha value is -2.66. The molecule has 3 rings (SSSR count). The van der Waals surface area contributed by atoms with E-state index < -0.39 is 12.1 Å². The summed E-state index contributed by atoms with van der Waals surface area (Å²) in [6, 6.07) is 14.9. The van der Waals surface area contributed by atoms with Crippen molar-refractivity contribution in [1.29, 1.82) is 0 Å². The number of hydrogen-bond donors (Lipinski definition) is 2. The Kier molecular flexibility index (Phi) is 4.62. The van der Waals surface area contributed by atoms with Gasteiger partial charge in [0.15, 0.2) is 0 Å². The fourth-order valence-electron chi connectivity index (χ4n) is 2.66. The van der Waals surface area contributed by atoms with Gasteiger partial charge >= 0.3 is 0 Å². The molecular weight excluding hydrogens is 302 g/mol. The van der Waals surface area contributed by atoms with Crippen molar-refractivity contribution in [3.05, 3.63) is 66.0 Å². The number of aliphatic hydroxyl groups excluding tert-OH is 1. The first-order chi connectivity index (χ1) is 11.6. The number of para-hydroxylation sites is 2. The van der Waals surface area contributed by atoms with Gasteiger partial charge in [-0.1, -0.05) is 42.0 Å². The fraction of sp³-hybridized carbons (Fsp3) is 0.263. The van der Waals surface area contributed by atoms with Gasteiger partial charge in [-0.3, -0.25) is 4.79 Å². The summed E-state index contributed by atoms with van der Waals surface area (Å²) >= 11 is 0. The van der Waals surface area contributed by atoms with Crippen LogP contribution in [0.3, 0.4) is 0 Å². The van der Waals surface area contributed by atoms with Gasteiger partial charge in [-0.2, -0.15) is 0 Å². The number of aliphatic hydroxyl groups is 1. The van der Waals surface area contributed by atoms with Gasteiger partial charge in [0, 0.05) is 6.54 Å². The van der Waals surface area contributed by atoms with Crippen molar-refractivity contribution in [3.8, 4) is 0 Å². The van der Waals surface area contributed by atoms with Crippen molar-refractivity contribution >= 4 is 16.9 Å². The van der Waals surface area contributed by atoms with E-state index >= 15 is 0 Å². The number of imidazole rings is 1. The van der Waals surface area contributed by atoms with E-state index in [0.717, 1.165) is 22.2 Å². The SMILES string of the molecule is Cc1ccc([C@@H](O)CNC(=O)[C@H](C)n2cnc3ccccc32)cc1. The molecule has 0 bridgehead atoms. The Morgan fingerprint density at radius 3 is 2.67 bits per heavy atom. The molecule has 3 aromatic rings. The van der Waals surface area contributed by atoms with Crippen molar-refractivity contribution in [1.82, 2.24) is 14.9 Å². The van der Waals surface area contributed by atoms with Gasteiger partial charge in [0.2, 0.25) is 5.91 Å². The minimum Gasteiger partial charge on any atom is -0.387 e. The highest BCUT2D eigenvalue weighted by atomic mass is 16.3. The van der Waals surface area contributed by atoms with Gasteiger partial charge < -0.3 is 15.0 Å². The molecule has 0 saturated carbocycles. The lowest BCUT2D eigenvalue weighted by atomic mass is 10.1. The van der Waals surface area contributed by atoms with E-state index in [1.807, 2.05) is 66.9 Å². The Morgan fingerprint density at radius 2 is 1.92 bits per heavy atom. The molecule has 1 heterocycles. The predicted molar refractivity (Wildman–Crippen MR) is 93.6 cm³/mol. The highest BCUT2D eigenvalue weighted by Crippen LogP contribution is 2.18. The van der Waals surface area contributed by atoms with Crippen LogP contribution in [0.1, 0.15) is 30.2 Å². The van der Waals surface area contributed by atoms with E-state index in [0.29, 0.717) is 0 Å². The summed E-state index contributed by atoms with van der Waals surface area (Å²) in [5.74, 6) is -0.149. The minimum atomic E-state index is -0.721. The quantitative estimate of drug-likeness (QED) is 0.759. The van der Waals surface area contributed by atoms with E-state index in [9.17, 15) is 9.90 Å². The number of fused-ring (bicyclic) bond motifs is 1. The molecular formula is C19H21N3O2. The smallest absolute Gasteiger partial charge is 0.242 e. The lowest BCUT2D eigenvalue weighted by Gasteiger charge is -2.17. The van der Waals surface area contributed by atoms with E-state index in [4.69, 9.17) is 0 Å². The van der Waals surface area contributed by atoms with E-state index in [2.05, 4.69) is 10.3 Å². The molecule has 5 nitrogen and oxygen atoms in total. The molecule has 0 unspecified atom stereocenters. The number of hydrogen-bond acceptors (Lipinski definition) is 3. The monoisotopic (exact) mass is 323 g/mol. The van der Waals surface area contributed by atoms with Gasteiger partial charge in [-0.05, 0) is 31.5 Å². The zero-order valence-electron chi connectivity index (χ0n) is 13.8. The van der Waals surface area contributed by atoms with E-state index in [-0.39, 0.29) is 12.5 Å². The number of rotatable bonds is 5. The highest BCUT2D eigenvalue weighted by molar-refractivity contribution is 5.83. The summed E-state index contributed by atoms with van der Waals surface area (Å²) in [5.41, 5.74) is 3.70. The van der Waals surface area contributed by atoms with Crippen molar-refractivity contribution in [3.63, 3.8) is 0 Å². The summed E-state index contributed by atoms with van der Waals surface area (Å²) in [7, 11) is 0. The molecule has 24 heavy (non-hydrogen) atoms. The largest absolute Gasteiger partial charge is 0.387 e. The molecule has 124 valence electrons. The molecule has 0 aliphatic heterocycles. The van der Waals surface area contributed by atoms with E-state index in [1.165, 1.54) is 0 Å². The van der Waals surface area contributed by atoms with Crippen LogP contribution in [0.15, 0.2) is 54.9 Å². The van der Waals surface area contributed by atoms with Gasteiger partial charge in [-0.25, -0.2) is 4.98 Å². The molecule has 5 heteroatoms. The third kappa shape index (κ3) is 3.31. The summed E-state index contributed by atoms with van der Waals surface area (Å²) in [5, 5.41) is 13.0. The molecule has 2 N–H and O–H groups in total. The fourth-order valence-corrected chi connectivity index (χ4v) is 2.66. The van der Waals surface area contributed by atoms with E-state index in [1.54, 1.807) is 6.33 Å². The van der Waals surface area contributed by atoms with Crippen LogP contribution < -0.4 is 5.32 Å². The van der Waals surface area contributed by atoms with Gasteiger partial charge in [-0.15, -0.1) is 0 Å². The van der Waals surface area contributed by atoms with Gasteiger partial charge in [0.25, 0.3) is 0 Å². The number of aryl methyl sites for hydroxylation is 1. The lowest BCUT2D eigenvalue weighted by molar-refractivity contribution is -0.124. The first-order valence-electron chi connectivity index (χ1n) is 8.00. The molecule has 0 aliphatic carbocycles. The Balaban J connectivity index is 1.65. The third-order valence-corrected chi connectivity index (χ3v) is 4.21. The second kappa shape index (κ2) is 6.84. The molecule has 0 radical (unpaired) electrons. The molecule has 2 aromatic carbocycles. The number of benzene rings is 2. The molecule has 0 saturated heterocycles. The number of nitrogens with one attached hydrogen (secondary N) is 1. The average Bonchev–Trinajstić information content (AvgIpc) is 3.03. The summed E-state index contributed by atoms with van der Waals surface area (Å²) < 4.78 is 1.84. The first-order valence-corrected chi connectivity index (χ1v) is 8.00. The standard InChI is InChI=1S/C19H21N3O2/c1-13-7-9-15(10-8-13)18(23)11-20-19(24)14(2)22-12-21-16-5-3-4-6-17(16)22/h3-10,12,14,18,23H,11H2,1-2H3,(H,20,24)/t14-,18-/m0/s1. The average molecular weight is 323 g/mol. The molecule has 2 atom stereocenters. The van der Waals surface area contributed by atoms with Crippen LogP contribution in [0.2, 0.25) is 0 Å². The van der Waals surface area contributed by atoms with Crippen LogP contribution >= 0.6 is 0 Å². The molecule has 0 fully saturated rings. The molecule has 0 aliphatic rings. The maximum absolute atomic E-state index is 12.4. The second-order valence-corrected chi connectivity index (χ2v) is 5.99. The summed E-state index contributed by atoms with van der Waals surface area (Å²) in [4.78, 5) is 16.7. The second-order valence-electron chi connectivity index (χ2n) is 5.99. The topological polar surface area (TPSA) is 67.2 Å². The zero-order valence-corrected chi connectivity index (χ0v) is 13.8. The van der Waals surface area contributed by atoms with Crippen LogP contribution in [0.4, 0.5) is 0 Å². The Morgan fingerprint density at radius 1 is 1.21 bits per heavy atom. The maximum atomic E-state index is 12.4. The number of carbonyl (C=O) groups excluding carboxylic acids is 1. The lowest BCUT2D eigenvalue weighted by Crippen LogP contribution is -2.33. The van der Waals surface area contributed by atoms with Crippen LogP contribution in [-0.2, 0) is 4.79 Å². The van der Waals surface area contributed by atoms with Gasteiger partial charge in [0.05, 0.1) is 23.5 Å². The maximum Gasteiger partial charge on any atom is 0.242 e. The molecule has 1 aromatic heterocycles. The number of carbonyl (C=O) groups is 1. The Bertz CT molecular complexity index is 839. The van der Waals surface area contributed by atoms with Crippen LogP contribution in [0, 0.1) is 6.92 Å². The Labute approximate surface area is 141 Å². The number of aromatic nitrogens is 2. The highest BCUT2D eigenvalue weighted by Gasteiger charge is 2.18. The first kappa shape index (κ1) is 16.2.